The molecule has 1 amide bonds. The summed E-state index contributed by atoms with van der Waals surface area (Å²) in [5.74, 6) is 0.658. The van der Waals surface area contributed by atoms with Crippen LogP contribution in [0.3, 0.4) is 0 Å². The predicted molar refractivity (Wildman–Crippen MR) is 147 cm³/mol. The van der Waals surface area contributed by atoms with Crippen LogP contribution in [-0.4, -0.2) is 39.2 Å². The van der Waals surface area contributed by atoms with Gasteiger partial charge in [-0.05, 0) is 61.5 Å². The van der Waals surface area contributed by atoms with Crippen molar-refractivity contribution in [2.45, 2.75) is 13.0 Å². The number of benzene rings is 3. The topological polar surface area (TPSA) is 121 Å². The molecule has 0 radical (unpaired) electrons. The molecule has 0 saturated heterocycles. The number of quaternary nitrogens is 1. The average Bonchev–Trinajstić information content (AvgIpc) is 3.53. The van der Waals surface area contributed by atoms with Gasteiger partial charge in [-0.1, -0.05) is 5.53 Å². The van der Waals surface area contributed by atoms with Gasteiger partial charge < -0.3 is 14.5 Å². The lowest BCUT2D eigenvalue weighted by Gasteiger charge is -2.24. The SMILES string of the molecule is CNC(=O)c1c(-c2ccc(Oc3ccc(F)cc3)cc2)oc2cc3c(cc12)[C@@H](C)N1N[NH2+]C=C1CN3S(C)(=O)=O. The summed E-state index contributed by atoms with van der Waals surface area (Å²) in [6.07, 6.45) is 3.02. The minimum absolute atomic E-state index is 0.149. The Bertz CT molecular complexity index is 1770. The normalized spacial score (nSPS) is 16.8. The van der Waals surface area contributed by atoms with Gasteiger partial charge in [0.1, 0.15) is 40.6 Å². The Morgan fingerprint density at radius 1 is 1.12 bits per heavy atom. The maximum atomic E-state index is 13.2. The maximum absolute atomic E-state index is 13.2. The molecule has 1 aromatic heterocycles. The Kier molecular flexibility index (Phi) is 6.25. The summed E-state index contributed by atoms with van der Waals surface area (Å²) in [7, 11) is -2.09. The van der Waals surface area contributed by atoms with Crippen LogP contribution < -0.4 is 25.3 Å². The van der Waals surface area contributed by atoms with E-state index in [-0.39, 0.29) is 24.3 Å². The van der Waals surface area contributed by atoms with Gasteiger partial charge in [0, 0.05) is 29.6 Å². The molecule has 12 heteroatoms. The van der Waals surface area contributed by atoms with Crippen LogP contribution in [-0.2, 0) is 10.0 Å². The van der Waals surface area contributed by atoms with Crippen molar-refractivity contribution in [3.8, 4) is 22.8 Å². The van der Waals surface area contributed by atoms with Gasteiger partial charge in [-0.2, -0.15) is 0 Å². The lowest BCUT2D eigenvalue weighted by Crippen LogP contribution is -2.87. The van der Waals surface area contributed by atoms with Crippen LogP contribution in [0.5, 0.6) is 11.5 Å². The summed E-state index contributed by atoms with van der Waals surface area (Å²) < 4.78 is 52.4. The van der Waals surface area contributed by atoms with E-state index < -0.39 is 10.0 Å². The number of nitrogens with one attached hydrogen (secondary N) is 2. The summed E-state index contributed by atoms with van der Waals surface area (Å²) in [6, 6.07) is 16.0. The standard InChI is InChI=1S/C28H26FN5O5S/c1-16-22-12-23-25(13-24(22)33(40(3,36)37)15-19-14-31-32-34(16)19)39-27(26(23)28(35)30-2)17-4-8-20(9-5-17)38-21-10-6-18(29)7-11-21/h4-14,16,31-32H,15H2,1-3H3,(H,30,35)/p+1/t16-/m1/s1. The molecule has 10 nitrogen and oxygen atoms in total. The quantitative estimate of drug-likeness (QED) is 0.318. The number of amides is 1. The van der Waals surface area contributed by atoms with Crippen molar-refractivity contribution in [2.75, 3.05) is 24.2 Å². The fourth-order valence-corrected chi connectivity index (χ4v) is 5.98. The summed E-state index contributed by atoms with van der Waals surface area (Å²) in [6.45, 7) is 2.12. The molecule has 2 aliphatic heterocycles. The number of rotatable bonds is 5. The zero-order chi connectivity index (χ0) is 28.2. The number of carbonyl (C=O) groups is 1. The van der Waals surface area contributed by atoms with E-state index in [1.807, 2.05) is 24.2 Å². The van der Waals surface area contributed by atoms with Gasteiger partial charge in [0.2, 0.25) is 10.0 Å². The maximum Gasteiger partial charge on any atom is 0.255 e. The molecule has 0 unspecified atom stereocenters. The van der Waals surface area contributed by atoms with Crippen LogP contribution in [0.4, 0.5) is 10.1 Å². The third-order valence-electron chi connectivity index (χ3n) is 7.07. The highest BCUT2D eigenvalue weighted by Crippen LogP contribution is 2.43. The first-order valence-corrected chi connectivity index (χ1v) is 14.4. The van der Waals surface area contributed by atoms with E-state index in [1.165, 1.54) is 34.8 Å². The Labute approximate surface area is 230 Å². The van der Waals surface area contributed by atoms with E-state index in [1.54, 1.807) is 42.8 Å². The number of furan rings is 1. The molecular weight excluding hydrogens is 537 g/mol. The molecule has 0 aliphatic carbocycles. The molecular formula is C28H27FN5O5S+. The summed E-state index contributed by atoms with van der Waals surface area (Å²) >= 11 is 0. The van der Waals surface area contributed by atoms with E-state index >= 15 is 0 Å². The predicted octanol–water partition coefficient (Wildman–Crippen LogP) is 3.37. The highest BCUT2D eigenvalue weighted by atomic mass is 32.2. The molecule has 2 aliphatic rings. The number of hydrogen-bond donors (Lipinski definition) is 3. The molecule has 6 rings (SSSR count). The second kappa shape index (κ2) is 9.66. The molecule has 3 heterocycles. The molecule has 40 heavy (non-hydrogen) atoms. The number of sulfonamides is 1. The van der Waals surface area contributed by atoms with E-state index in [2.05, 4.69) is 10.9 Å². The first-order valence-electron chi connectivity index (χ1n) is 12.6. The number of halogens is 1. The van der Waals surface area contributed by atoms with Crippen LogP contribution in [0.25, 0.3) is 22.3 Å². The Hall–Kier alpha value is -4.39. The Balaban J connectivity index is 1.47. The lowest BCUT2D eigenvalue weighted by atomic mass is 9.99. The molecule has 0 bridgehead atoms. The van der Waals surface area contributed by atoms with Crippen LogP contribution in [0, 0.1) is 5.82 Å². The fraction of sp³-hybridized carbons (Fsp3) is 0.179. The van der Waals surface area contributed by atoms with Crippen LogP contribution >= 0.6 is 0 Å². The zero-order valence-electron chi connectivity index (χ0n) is 21.9. The molecule has 0 spiro atoms. The number of anilines is 1. The van der Waals surface area contributed by atoms with Crippen LogP contribution in [0.2, 0.25) is 0 Å². The van der Waals surface area contributed by atoms with Gasteiger partial charge in [-0.15, -0.1) is 0 Å². The number of fused-ring (bicyclic) bond motifs is 3. The summed E-state index contributed by atoms with van der Waals surface area (Å²) in [5.41, 5.74) is 8.32. The minimum atomic E-state index is -3.63. The number of nitrogens with zero attached hydrogens (tertiary/aromatic N) is 2. The van der Waals surface area contributed by atoms with Crippen molar-refractivity contribution in [1.82, 2.24) is 15.9 Å². The van der Waals surface area contributed by atoms with Crippen molar-refractivity contribution in [3.05, 3.63) is 89.5 Å². The molecule has 4 N–H and O–H groups in total. The monoisotopic (exact) mass is 564 g/mol. The summed E-state index contributed by atoms with van der Waals surface area (Å²) in [5, 5.41) is 5.17. The first kappa shape index (κ1) is 25.9. The largest absolute Gasteiger partial charge is 0.457 e. The Morgan fingerprint density at radius 2 is 1.80 bits per heavy atom. The number of carbonyl (C=O) groups excluding carboxylic acids is 1. The number of nitrogens with two attached hydrogens (primary N) is 1. The molecule has 206 valence electrons. The molecule has 4 aromatic rings. The van der Waals surface area contributed by atoms with Crippen molar-refractivity contribution < 1.29 is 32.2 Å². The van der Waals surface area contributed by atoms with Gasteiger partial charge in [0.15, 0.2) is 0 Å². The van der Waals surface area contributed by atoms with E-state index in [4.69, 9.17) is 9.15 Å². The van der Waals surface area contributed by atoms with Gasteiger partial charge in [-0.3, -0.25) is 14.1 Å². The molecule has 0 saturated carbocycles. The van der Waals surface area contributed by atoms with Crippen LogP contribution in [0.1, 0.15) is 28.9 Å². The highest BCUT2D eigenvalue weighted by molar-refractivity contribution is 7.92. The zero-order valence-corrected chi connectivity index (χ0v) is 22.8. The summed E-state index contributed by atoms with van der Waals surface area (Å²) in [4.78, 5) is 13.2. The lowest BCUT2D eigenvalue weighted by molar-refractivity contribution is -0.662. The van der Waals surface area contributed by atoms with Gasteiger partial charge in [0.25, 0.3) is 5.91 Å². The van der Waals surface area contributed by atoms with Gasteiger partial charge in [-0.25, -0.2) is 18.2 Å². The Morgan fingerprint density at radius 3 is 2.45 bits per heavy atom. The molecule has 1 atom stereocenters. The van der Waals surface area contributed by atoms with Crippen molar-refractivity contribution in [3.63, 3.8) is 0 Å². The van der Waals surface area contributed by atoms with E-state index in [0.717, 1.165) is 11.3 Å². The highest BCUT2D eigenvalue weighted by Gasteiger charge is 2.37. The number of hydrogen-bond acceptors (Lipinski definition) is 7. The first-order chi connectivity index (χ1) is 19.1. The number of hydrazine groups is 1. The van der Waals surface area contributed by atoms with E-state index in [0.29, 0.717) is 45.0 Å². The molecule has 0 fully saturated rings. The average molecular weight is 565 g/mol. The second-order valence-electron chi connectivity index (χ2n) is 9.64. The van der Waals surface area contributed by atoms with Gasteiger partial charge >= 0.3 is 0 Å². The number of ether oxygens (including phenoxy) is 1. The van der Waals surface area contributed by atoms with Gasteiger partial charge in [0.05, 0.1) is 30.1 Å². The van der Waals surface area contributed by atoms with Crippen molar-refractivity contribution in [2.24, 2.45) is 0 Å². The molecule has 3 aromatic carbocycles. The third-order valence-corrected chi connectivity index (χ3v) is 8.19. The fourth-order valence-electron chi connectivity index (χ4n) is 5.10. The van der Waals surface area contributed by atoms with Crippen LogP contribution in [0.15, 0.2) is 77.0 Å². The van der Waals surface area contributed by atoms with E-state index in [9.17, 15) is 17.6 Å². The second-order valence-corrected chi connectivity index (χ2v) is 11.5. The third kappa shape index (κ3) is 4.45. The minimum Gasteiger partial charge on any atom is -0.457 e. The van der Waals surface area contributed by atoms with Crippen molar-refractivity contribution in [1.29, 1.82) is 0 Å². The van der Waals surface area contributed by atoms with Crippen molar-refractivity contribution >= 4 is 32.6 Å². The smallest absolute Gasteiger partial charge is 0.255 e.